The number of ether oxygens (including phenoxy) is 1. The number of para-hydroxylation sites is 1. The Kier molecular flexibility index (Phi) is 3.59. The Morgan fingerprint density at radius 2 is 2.00 bits per heavy atom. The molecule has 82 valence electrons. The summed E-state index contributed by atoms with van der Waals surface area (Å²) in [7, 11) is 1.75. The lowest BCUT2D eigenvalue weighted by molar-refractivity contribution is 0.161. The zero-order chi connectivity index (χ0) is 10.5. The highest BCUT2D eigenvalue weighted by Gasteiger charge is 2.18. The number of benzene rings is 1. The fourth-order valence-corrected chi connectivity index (χ4v) is 1.90. The van der Waals surface area contributed by atoms with Crippen molar-refractivity contribution in [3.8, 4) is 0 Å². The molecule has 1 fully saturated rings. The van der Waals surface area contributed by atoms with E-state index in [1.165, 1.54) is 5.69 Å². The Balaban J connectivity index is 1.87. The average Bonchev–Trinajstić information content (AvgIpc) is 2.76. The fraction of sp³-hybridized carbons (Fsp3) is 0.500. The summed E-state index contributed by atoms with van der Waals surface area (Å²) in [6, 6.07) is 10.6. The van der Waals surface area contributed by atoms with Gasteiger partial charge in [0.05, 0.1) is 13.3 Å². The summed E-state index contributed by atoms with van der Waals surface area (Å²) in [5, 5.41) is 0. The first kappa shape index (κ1) is 10.5. The molecule has 1 aromatic carbocycles. The van der Waals surface area contributed by atoms with E-state index in [0.717, 1.165) is 32.9 Å². The fourth-order valence-electron chi connectivity index (χ4n) is 1.90. The van der Waals surface area contributed by atoms with Crippen LogP contribution in [0.5, 0.6) is 0 Å². The highest BCUT2D eigenvalue weighted by molar-refractivity contribution is 5.46. The number of nitrogens with zero attached hydrogens (tertiary/aromatic N) is 2. The van der Waals surface area contributed by atoms with Crippen LogP contribution in [0.15, 0.2) is 30.3 Å². The second-order valence-corrected chi connectivity index (χ2v) is 3.85. The number of hydrogen-bond acceptors (Lipinski definition) is 3. The van der Waals surface area contributed by atoms with Crippen LogP contribution in [0.3, 0.4) is 0 Å². The zero-order valence-electron chi connectivity index (χ0n) is 9.22. The van der Waals surface area contributed by atoms with Gasteiger partial charge >= 0.3 is 0 Å². The average molecular weight is 206 g/mol. The summed E-state index contributed by atoms with van der Waals surface area (Å²) in [6.07, 6.45) is 0. The smallest absolute Gasteiger partial charge is 0.0709 e. The molecule has 3 heteroatoms. The molecular weight excluding hydrogens is 188 g/mol. The van der Waals surface area contributed by atoms with E-state index < -0.39 is 0 Å². The first-order valence-electron chi connectivity index (χ1n) is 5.41. The second kappa shape index (κ2) is 5.14. The standard InChI is InChI=1S/C12H18N2O/c1-15-10-9-13-7-8-14(11-13)12-5-3-2-4-6-12/h2-6H,7-11H2,1H3. The number of rotatable bonds is 4. The van der Waals surface area contributed by atoms with Gasteiger partial charge < -0.3 is 9.64 Å². The summed E-state index contributed by atoms with van der Waals surface area (Å²) in [4.78, 5) is 4.81. The van der Waals surface area contributed by atoms with Gasteiger partial charge in [0, 0.05) is 32.4 Å². The third kappa shape index (κ3) is 2.70. The number of hydrogen-bond donors (Lipinski definition) is 0. The van der Waals surface area contributed by atoms with Crippen molar-refractivity contribution in [2.75, 3.05) is 44.9 Å². The molecular formula is C12H18N2O. The van der Waals surface area contributed by atoms with E-state index in [1.54, 1.807) is 7.11 Å². The van der Waals surface area contributed by atoms with Crippen molar-refractivity contribution in [2.24, 2.45) is 0 Å². The highest BCUT2D eigenvalue weighted by atomic mass is 16.5. The van der Waals surface area contributed by atoms with Crippen LogP contribution in [0.2, 0.25) is 0 Å². The van der Waals surface area contributed by atoms with Gasteiger partial charge in [0.15, 0.2) is 0 Å². The van der Waals surface area contributed by atoms with Gasteiger partial charge in [-0.25, -0.2) is 0 Å². The molecule has 0 saturated carbocycles. The molecule has 0 bridgehead atoms. The van der Waals surface area contributed by atoms with Crippen LogP contribution in [-0.2, 0) is 4.74 Å². The molecule has 1 saturated heterocycles. The molecule has 0 atom stereocenters. The molecule has 0 aromatic heterocycles. The van der Waals surface area contributed by atoms with E-state index in [1.807, 2.05) is 0 Å². The Morgan fingerprint density at radius 3 is 2.73 bits per heavy atom. The van der Waals surface area contributed by atoms with Crippen molar-refractivity contribution >= 4 is 5.69 Å². The van der Waals surface area contributed by atoms with Crippen LogP contribution in [0.25, 0.3) is 0 Å². The third-order valence-corrected chi connectivity index (χ3v) is 2.79. The van der Waals surface area contributed by atoms with Crippen LogP contribution in [0.1, 0.15) is 0 Å². The minimum atomic E-state index is 0.822. The summed E-state index contributed by atoms with van der Waals surface area (Å²) in [6.45, 7) is 5.13. The molecule has 3 nitrogen and oxygen atoms in total. The SMILES string of the molecule is COCCN1CCN(c2ccccc2)C1. The van der Waals surface area contributed by atoms with Crippen molar-refractivity contribution in [1.82, 2.24) is 4.90 Å². The van der Waals surface area contributed by atoms with Gasteiger partial charge in [-0.1, -0.05) is 18.2 Å². The van der Waals surface area contributed by atoms with Crippen molar-refractivity contribution in [3.63, 3.8) is 0 Å². The molecule has 1 aromatic rings. The lowest BCUT2D eigenvalue weighted by atomic mass is 10.3. The van der Waals surface area contributed by atoms with Crippen LogP contribution in [-0.4, -0.2) is 44.9 Å². The maximum atomic E-state index is 5.08. The topological polar surface area (TPSA) is 15.7 Å². The van der Waals surface area contributed by atoms with E-state index >= 15 is 0 Å². The van der Waals surface area contributed by atoms with Gasteiger partial charge in [-0.2, -0.15) is 0 Å². The largest absolute Gasteiger partial charge is 0.383 e. The van der Waals surface area contributed by atoms with E-state index in [4.69, 9.17) is 4.74 Å². The first-order chi connectivity index (χ1) is 7.40. The lowest BCUT2D eigenvalue weighted by Gasteiger charge is -2.19. The van der Waals surface area contributed by atoms with E-state index in [-0.39, 0.29) is 0 Å². The van der Waals surface area contributed by atoms with Crippen molar-refractivity contribution in [1.29, 1.82) is 0 Å². The Morgan fingerprint density at radius 1 is 1.20 bits per heavy atom. The van der Waals surface area contributed by atoms with Gasteiger partial charge in [-0.3, -0.25) is 4.90 Å². The summed E-state index contributed by atoms with van der Waals surface area (Å²) >= 11 is 0. The normalized spacial score (nSPS) is 17.3. The Hall–Kier alpha value is -1.06. The minimum absolute atomic E-state index is 0.822. The quantitative estimate of drug-likeness (QED) is 0.741. The lowest BCUT2D eigenvalue weighted by Crippen LogP contribution is -2.27. The van der Waals surface area contributed by atoms with Crippen LogP contribution < -0.4 is 4.90 Å². The van der Waals surface area contributed by atoms with Crippen molar-refractivity contribution in [2.45, 2.75) is 0 Å². The van der Waals surface area contributed by atoms with Gasteiger partial charge in [0.1, 0.15) is 0 Å². The Labute approximate surface area is 91.2 Å². The molecule has 0 spiro atoms. The first-order valence-corrected chi connectivity index (χ1v) is 5.41. The molecule has 0 radical (unpaired) electrons. The van der Waals surface area contributed by atoms with Crippen LogP contribution in [0, 0.1) is 0 Å². The van der Waals surface area contributed by atoms with E-state index in [9.17, 15) is 0 Å². The second-order valence-electron chi connectivity index (χ2n) is 3.85. The maximum Gasteiger partial charge on any atom is 0.0709 e. The molecule has 0 amide bonds. The van der Waals surface area contributed by atoms with Gasteiger partial charge in [-0.05, 0) is 12.1 Å². The molecule has 2 rings (SSSR count). The molecule has 15 heavy (non-hydrogen) atoms. The van der Waals surface area contributed by atoms with E-state index in [0.29, 0.717) is 0 Å². The zero-order valence-corrected chi connectivity index (χ0v) is 9.22. The predicted molar refractivity (Wildman–Crippen MR) is 62.1 cm³/mol. The van der Waals surface area contributed by atoms with E-state index in [2.05, 4.69) is 40.1 Å². The summed E-state index contributed by atoms with van der Waals surface area (Å²) in [5.74, 6) is 0. The Bertz CT molecular complexity index is 289. The minimum Gasteiger partial charge on any atom is -0.383 e. The van der Waals surface area contributed by atoms with Gasteiger partial charge in [-0.15, -0.1) is 0 Å². The van der Waals surface area contributed by atoms with Gasteiger partial charge in [0.2, 0.25) is 0 Å². The van der Waals surface area contributed by atoms with Crippen molar-refractivity contribution < 1.29 is 4.74 Å². The number of methoxy groups -OCH3 is 1. The molecule has 0 unspecified atom stereocenters. The molecule has 1 heterocycles. The summed E-state index contributed by atoms with van der Waals surface area (Å²) in [5.41, 5.74) is 1.32. The molecule has 1 aliphatic heterocycles. The molecule has 0 aliphatic carbocycles. The molecule has 0 N–H and O–H groups in total. The van der Waals surface area contributed by atoms with Gasteiger partial charge in [0.25, 0.3) is 0 Å². The maximum absolute atomic E-state index is 5.08. The monoisotopic (exact) mass is 206 g/mol. The highest BCUT2D eigenvalue weighted by Crippen LogP contribution is 2.16. The molecule has 1 aliphatic rings. The van der Waals surface area contributed by atoms with Crippen LogP contribution >= 0.6 is 0 Å². The number of anilines is 1. The third-order valence-electron chi connectivity index (χ3n) is 2.79. The van der Waals surface area contributed by atoms with Crippen molar-refractivity contribution in [3.05, 3.63) is 30.3 Å². The van der Waals surface area contributed by atoms with Crippen LogP contribution in [0.4, 0.5) is 5.69 Å². The predicted octanol–water partition coefficient (Wildman–Crippen LogP) is 1.41. The summed E-state index contributed by atoms with van der Waals surface area (Å²) < 4.78 is 5.08.